The molecule has 1 heterocycles. The Balaban J connectivity index is 2.23. The smallest absolute Gasteiger partial charge is 0.312 e. The minimum Gasteiger partial charge on any atom is -0.352 e. The van der Waals surface area contributed by atoms with Crippen LogP contribution in [0, 0.1) is 6.92 Å². The first-order chi connectivity index (χ1) is 12.3. The predicted molar refractivity (Wildman–Crippen MR) is 99.2 cm³/mol. The Kier molecular flexibility index (Phi) is 6.60. The molecule has 0 spiro atoms. The molecular formula is C17H26N4O4S. The molecule has 1 aliphatic rings. The Bertz CT molecular complexity index is 773. The highest BCUT2D eigenvalue weighted by molar-refractivity contribution is 7.89. The molecule has 1 aliphatic heterocycles. The molecule has 1 aromatic rings. The number of nitrogens with two attached hydrogens (primary N) is 1. The zero-order chi connectivity index (χ0) is 19.3. The lowest BCUT2D eigenvalue weighted by Gasteiger charge is -2.26. The number of benzene rings is 1. The highest BCUT2D eigenvalue weighted by Crippen LogP contribution is 2.26. The molecule has 1 saturated heterocycles. The summed E-state index contributed by atoms with van der Waals surface area (Å²) in [7, 11) is -3.60. The molecule has 4 N–H and O–H groups in total. The molecule has 0 bridgehead atoms. The second-order valence-electron chi connectivity index (χ2n) is 6.40. The number of carbonyl (C=O) groups excluding carboxylic acids is 2. The van der Waals surface area contributed by atoms with Gasteiger partial charge in [-0.15, -0.1) is 0 Å². The Morgan fingerprint density at radius 2 is 1.88 bits per heavy atom. The molecule has 1 fully saturated rings. The number of sulfonamides is 1. The number of urea groups is 1. The summed E-state index contributed by atoms with van der Waals surface area (Å²) in [4.78, 5) is 23.5. The van der Waals surface area contributed by atoms with Crippen molar-refractivity contribution in [3.8, 4) is 0 Å². The molecule has 3 amide bonds. The van der Waals surface area contributed by atoms with Gasteiger partial charge in [-0.25, -0.2) is 13.2 Å². The van der Waals surface area contributed by atoms with Crippen molar-refractivity contribution in [2.75, 3.05) is 18.4 Å². The highest BCUT2D eigenvalue weighted by atomic mass is 32.2. The maximum atomic E-state index is 12.9. The maximum Gasteiger partial charge on any atom is 0.312 e. The van der Waals surface area contributed by atoms with E-state index >= 15 is 0 Å². The second kappa shape index (κ2) is 8.50. The zero-order valence-corrected chi connectivity index (χ0v) is 15.9. The van der Waals surface area contributed by atoms with E-state index in [1.54, 1.807) is 26.0 Å². The average molecular weight is 382 g/mol. The number of rotatable bonds is 6. The lowest BCUT2D eigenvalue weighted by molar-refractivity contribution is -0.118. The average Bonchev–Trinajstić information content (AvgIpc) is 2.61. The molecule has 1 unspecified atom stereocenters. The first-order valence-electron chi connectivity index (χ1n) is 8.73. The third kappa shape index (κ3) is 4.73. The number of amides is 3. The minimum absolute atomic E-state index is 0.188. The molecule has 0 saturated carbocycles. The summed E-state index contributed by atoms with van der Waals surface area (Å²) in [5.74, 6) is -0.448. The van der Waals surface area contributed by atoms with Gasteiger partial charge in [-0.3, -0.25) is 4.79 Å². The number of aryl methyl sites for hydroxylation is 1. The quantitative estimate of drug-likeness (QED) is 0.691. The third-order valence-electron chi connectivity index (χ3n) is 4.43. The van der Waals surface area contributed by atoms with Crippen LogP contribution in [0.5, 0.6) is 0 Å². The molecule has 1 aromatic carbocycles. The maximum absolute atomic E-state index is 12.9. The largest absolute Gasteiger partial charge is 0.352 e. The Morgan fingerprint density at radius 1 is 1.23 bits per heavy atom. The molecule has 8 nitrogen and oxygen atoms in total. The van der Waals surface area contributed by atoms with Gasteiger partial charge < -0.3 is 16.4 Å². The van der Waals surface area contributed by atoms with E-state index < -0.39 is 28.0 Å². The van der Waals surface area contributed by atoms with Crippen molar-refractivity contribution >= 4 is 27.6 Å². The number of hydrogen-bond acceptors (Lipinski definition) is 4. The number of carbonyl (C=O) groups is 2. The molecule has 26 heavy (non-hydrogen) atoms. The lowest BCUT2D eigenvalue weighted by Crippen LogP contribution is -2.45. The van der Waals surface area contributed by atoms with Gasteiger partial charge in [0.15, 0.2) is 0 Å². The van der Waals surface area contributed by atoms with E-state index in [0.717, 1.165) is 19.3 Å². The molecule has 0 aliphatic carbocycles. The molecule has 144 valence electrons. The van der Waals surface area contributed by atoms with Gasteiger partial charge in [0, 0.05) is 18.8 Å². The summed E-state index contributed by atoms with van der Waals surface area (Å²) in [5.41, 5.74) is 6.05. The van der Waals surface area contributed by atoms with Gasteiger partial charge in [0.05, 0.1) is 4.90 Å². The number of hydrogen-bond donors (Lipinski definition) is 3. The van der Waals surface area contributed by atoms with Crippen LogP contribution < -0.4 is 16.4 Å². The highest BCUT2D eigenvalue weighted by Gasteiger charge is 2.28. The van der Waals surface area contributed by atoms with Gasteiger partial charge >= 0.3 is 6.03 Å². The van der Waals surface area contributed by atoms with Crippen LogP contribution in [0.2, 0.25) is 0 Å². The van der Waals surface area contributed by atoms with Crippen LogP contribution in [0.1, 0.15) is 38.2 Å². The summed E-state index contributed by atoms with van der Waals surface area (Å²) < 4.78 is 27.3. The fourth-order valence-corrected chi connectivity index (χ4v) is 4.72. The van der Waals surface area contributed by atoms with Gasteiger partial charge in [-0.05, 0) is 43.9 Å². The summed E-state index contributed by atoms with van der Waals surface area (Å²) in [5, 5.41) is 5.01. The van der Waals surface area contributed by atoms with Crippen molar-refractivity contribution < 1.29 is 18.0 Å². The molecule has 9 heteroatoms. The third-order valence-corrected chi connectivity index (χ3v) is 6.47. The van der Waals surface area contributed by atoms with Crippen molar-refractivity contribution in [2.45, 2.75) is 50.5 Å². The molecular weight excluding hydrogens is 356 g/mol. The topological polar surface area (TPSA) is 122 Å². The molecule has 0 radical (unpaired) electrons. The fourth-order valence-electron chi connectivity index (χ4n) is 2.95. The van der Waals surface area contributed by atoms with E-state index in [4.69, 9.17) is 5.73 Å². The SMILES string of the molecule is CCC(NC(N)=O)C(=O)Nc1ccc(C)c(S(=O)(=O)N2CCCCC2)c1. The molecule has 2 rings (SSSR count). The van der Waals surface area contributed by atoms with Crippen LogP contribution in [0.4, 0.5) is 10.5 Å². The lowest BCUT2D eigenvalue weighted by atomic mass is 10.2. The summed E-state index contributed by atoms with van der Waals surface area (Å²) in [6.07, 6.45) is 3.10. The summed E-state index contributed by atoms with van der Waals surface area (Å²) in [6.45, 7) is 4.49. The number of anilines is 1. The van der Waals surface area contributed by atoms with Gasteiger partial charge in [0.25, 0.3) is 0 Å². The van der Waals surface area contributed by atoms with E-state index in [0.29, 0.717) is 30.8 Å². The van der Waals surface area contributed by atoms with E-state index in [9.17, 15) is 18.0 Å². The van der Waals surface area contributed by atoms with Crippen LogP contribution in [0.25, 0.3) is 0 Å². The standard InChI is InChI=1S/C17H26N4O4S/c1-3-14(20-17(18)23)16(22)19-13-8-7-12(2)15(11-13)26(24,25)21-9-5-4-6-10-21/h7-8,11,14H,3-6,9-10H2,1-2H3,(H,19,22)(H3,18,20,23). The van der Waals surface area contributed by atoms with Crippen LogP contribution in [-0.2, 0) is 14.8 Å². The van der Waals surface area contributed by atoms with Crippen molar-refractivity contribution in [3.63, 3.8) is 0 Å². The molecule has 1 atom stereocenters. The zero-order valence-electron chi connectivity index (χ0n) is 15.1. The summed E-state index contributed by atoms with van der Waals surface area (Å²) in [6, 6.07) is 3.20. The summed E-state index contributed by atoms with van der Waals surface area (Å²) >= 11 is 0. The number of nitrogens with zero attached hydrogens (tertiary/aromatic N) is 1. The Hall–Kier alpha value is -2.13. The Morgan fingerprint density at radius 3 is 2.46 bits per heavy atom. The first-order valence-corrected chi connectivity index (χ1v) is 10.2. The normalized spacial score (nSPS) is 16.7. The number of nitrogens with one attached hydrogen (secondary N) is 2. The van der Waals surface area contributed by atoms with E-state index in [1.165, 1.54) is 10.4 Å². The minimum atomic E-state index is -3.60. The molecule has 0 aromatic heterocycles. The predicted octanol–water partition coefficient (Wildman–Crippen LogP) is 1.56. The fraction of sp³-hybridized carbons (Fsp3) is 0.529. The van der Waals surface area contributed by atoms with Crippen LogP contribution >= 0.6 is 0 Å². The number of piperidine rings is 1. The van der Waals surface area contributed by atoms with Gasteiger partial charge in [-0.2, -0.15) is 4.31 Å². The van der Waals surface area contributed by atoms with Gasteiger partial charge in [0.2, 0.25) is 15.9 Å². The van der Waals surface area contributed by atoms with Crippen LogP contribution in [0.15, 0.2) is 23.1 Å². The monoisotopic (exact) mass is 382 g/mol. The van der Waals surface area contributed by atoms with Gasteiger partial charge in [0.1, 0.15) is 6.04 Å². The van der Waals surface area contributed by atoms with E-state index in [-0.39, 0.29) is 4.90 Å². The van der Waals surface area contributed by atoms with Crippen molar-refractivity contribution in [3.05, 3.63) is 23.8 Å². The van der Waals surface area contributed by atoms with Crippen LogP contribution in [-0.4, -0.2) is 43.8 Å². The number of primary amides is 1. The van der Waals surface area contributed by atoms with E-state index in [1.807, 2.05) is 0 Å². The Labute approximate surface area is 154 Å². The van der Waals surface area contributed by atoms with E-state index in [2.05, 4.69) is 10.6 Å². The van der Waals surface area contributed by atoms with Crippen molar-refractivity contribution in [2.24, 2.45) is 5.73 Å². The van der Waals surface area contributed by atoms with Crippen molar-refractivity contribution in [1.29, 1.82) is 0 Å². The first kappa shape index (κ1) is 20.2. The van der Waals surface area contributed by atoms with Gasteiger partial charge in [-0.1, -0.05) is 19.4 Å². The second-order valence-corrected chi connectivity index (χ2v) is 8.31. The van der Waals surface area contributed by atoms with Crippen LogP contribution in [0.3, 0.4) is 0 Å². The van der Waals surface area contributed by atoms with Crippen molar-refractivity contribution in [1.82, 2.24) is 9.62 Å².